The summed E-state index contributed by atoms with van der Waals surface area (Å²) in [6.45, 7) is 4.10. The quantitative estimate of drug-likeness (QED) is 0.0209. The van der Waals surface area contributed by atoms with E-state index < -0.39 is 192 Å². The smallest absolute Gasteiger partial charge is 0.857 e. The number of carboxylic acids is 2. The van der Waals surface area contributed by atoms with Gasteiger partial charge in [-0.3, -0.25) is 38.4 Å². The number of esters is 2. The minimum absolute atomic E-state index is 0. The Labute approximate surface area is 617 Å². The predicted molar refractivity (Wildman–Crippen MR) is 331 cm³/mol. The third kappa shape index (κ3) is 31.2. The Morgan fingerprint density at radius 3 is 1.27 bits per heavy atom. The normalized spacial score (nSPS) is 31.2. The van der Waals surface area contributed by atoms with Crippen molar-refractivity contribution >= 4 is 42.2 Å². The molecule has 22 atom stereocenters. The van der Waals surface area contributed by atoms with E-state index in [1.807, 2.05) is 18.7 Å². The number of carbonyl (C=O) groups is 7. The molecular formula is C59H103FMnN7NaO32. The van der Waals surface area contributed by atoms with Crippen LogP contribution in [-0.2, 0) is 92.0 Å². The molecule has 581 valence electrons. The molecule has 0 aromatic carbocycles. The van der Waals surface area contributed by atoms with Gasteiger partial charge < -0.3 is 145 Å². The van der Waals surface area contributed by atoms with Crippen LogP contribution in [0.15, 0.2) is 18.2 Å². The first kappa shape index (κ1) is 96.4. The van der Waals surface area contributed by atoms with Crippen LogP contribution < -0.4 is 50.6 Å². The van der Waals surface area contributed by atoms with E-state index in [0.29, 0.717) is 11.4 Å². The third-order valence-corrected chi connectivity index (χ3v) is 16.1. The number of carboxylic acid groups (broad SMARTS) is 2. The van der Waals surface area contributed by atoms with Gasteiger partial charge in [-0.1, -0.05) is 27.8 Å². The first-order valence-electron chi connectivity index (χ1n) is 31.4. The van der Waals surface area contributed by atoms with E-state index in [0.717, 1.165) is 7.11 Å². The monoisotopic (exact) mass is 1520 g/mol. The summed E-state index contributed by atoms with van der Waals surface area (Å²) in [5.41, 5.74) is 0.788. The molecule has 3 amide bonds. The molecule has 4 fully saturated rings. The molecule has 0 spiro atoms. The summed E-state index contributed by atoms with van der Waals surface area (Å²) < 4.78 is 61.6. The van der Waals surface area contributed by atoms with Gasteiger partial charge in [0.25, 0.3) is 0 Å². The van der Waals surface area contributed by atoms with Crippen LogP contribution in [0.1, 0.15) is 74.6 Å². The maximum Gasteiger partial charge on any atom is 1.00 e. The zero-order valence-electron chi connectivity index (χ0n) is 56.4. The van der Waals surface area contributed by atoms with Crippen LogP contribution in [0.2, 0.25) is 0 Å². The average molecular weight is 1520 g/mol. The summed E-state index contributed by atoms with van der Waals surface area (Å²) in [4.78, 5) is 95.6. The van der Waals surface area contributed by atoms with Crippen molar-refractivity contribution in [1.29, 1.82) is 0 Å². The number of hydrogen-bond acceptors (Lipinski definition) is 34. The first-order chi connectivity index (χ1) is 46.3. The Bertz CT molecular complexity index is 2490. The Hall–Kier alpha value is -4.55. The summed E-state index contributed by atoms with van der Waals surface area (Å²) in [5.74, 6) is -3.60. The van der Waals surface area contributed by atoms with Crippen LogP contribution in [-0.4, -0.2) is 360 Å². The van der Waals surface area contributed by atoms with Gasteiger partial charge in [0, 0.05) is 95.7 Å². The van der Waals surface area contributed by atoms with Gasteiger partial charge in [-0.05, 0) is 44.9 Å². The number of alkyl carbamates (subject to hydrolysis) is 3. The standard InChI is InChI=1S/C43H69N7O25.C12H20O6.CH3F.CH3O.2CH4.Mn.Na/c51-27-24(73-38(64)33(57)30(27)54)17-70-41(67)44-7-2-10-48-11-13-49(22(36(60)61)5-8-45-42(68)71-18-25-28(52)31(55)34(58)39(65)74-25)15-20-3-1-4-21(47-20)16-50(14-12-48)23(37(62)63)6-9-46-43(69)72-19-26-29(53)32(56)35(59)40(66)75-26;1-6-7(2)16-10(5-13)12(18-9(4)15)11(6)17-8(3)14;2*1-2;;;;/h1,3-4,22-35,38-40,51-59,64-66H,2,5-19H2,(H,44,67)(H,45,68)(H,46,69)(H,60,61)(H,62,63);6-7,10-13H,5H2,1-4H3;2*1H3;2*1H4;;/q;;;-1;;;;+1/t22?,23?,24-,25-,26-,27-,28-,29-,30+,31+,32+,33-,34-,35-,38?,39?,40?;6-,7-,10+,11+,12+;;;;;;/m10....../s1/i;;1D;;;;;. The Morgan fingerprint density at radius 2 is 0.931 bits per heavy atom. The molecule has 1 aromatic rings. The predicted octanol–water partition coefficient (Wildman–Crippen LogP) is -10.2. The van der Waals surface area contributed by atoms with Gasteiger partial charge in [0.15, 0.2) is 25.0 Å². The number of nitrogens with zero attached hydrogens (tertiary/aromatic N) is 4. The number of aromatic nitrogens is 1. The Kier molecular flexibility index (Phi) is 47.8. The molecule has 5 unspecified atom stereocenters. The van der Waals surface area contributed by atoms with Crippen molar-refractivity contribution < 1.29 is 210 Å². The summed E-state index contributed by atoms with van der Waals surface area (Å²) in [6.07, 6.45) is -31.1. The molecule has 1 aromatic heterocycles. The van der Waals surface area contributed by atoms with Gasteiger partial charge >= 0.3 is 71.7 Å². The van der Waals surface area contributed by atoms with Crippen molar-refractivity contribution in [3.05, 3.63) is 29.6 Å². The number of hydrogen-bond donors (Lipinski definition) is 18. The van der Waals surface area contributed by atoms with E-state index in [2.05, 4.69) is 16.0 Å². The van der Waals surface area contributed by atoms with Crippen molar-refractivity contribution in [2.75, 3.05) is 93.0 Å². The molecule has 6 heterocycles. The number of carbonyl (C=O) groups excluding carboxylic acids is 5. The molecule has 5 aliphatic rings. The van der Waals surface area contributed by atoms with Crippen molar-refractivity contribution in [2.24, 2.45) is 5.92 Å². The van der Waals surface area contributed by atoms with E-state index >= 15 is 0 Å². The maximum atomic E-state index is 12.9. The largest absolute Gasteiger partial charge is 1.00 e. The molecule has 1 radical (unpaired) electrons. The number of nitrogens with one attached hydrogen (secondary N) is 3. The molecule has 0 saturated carbocycles. The van der Waals surface area contributed by atoms with Gasteiger partial charge in [-0.25, -0.2) is 14.4 Å². The molecule has 6 rings (SSSR count). The first-order valence-corrected chi connectivity index (χ1v) is 30.7. The summed E-state index contributed by atoms with van der Waals surface area (Å²) in [5, 5.41) is 165. The second kappa shape index (κ2) is 50.0. The second-order valence-electron chi connectivity index (χ2n) is 22.8. The zero-order valence-corrected chi connectivity index (χ0v) is 58.5. The van der Waals surface area contributed by atoms with Crippen molar-refractivity contribution in [2.45, 2.75) is 204 Å². The van der Waals surface area contributed by atoms with Gasteiger partial charge in [0.05, 0.1) is 32.6 Å². The number of halogens is 1. The Balaban J connectivity index is 0. The maximum absolute atomic E-state index is 12.9. The SMILES string of the molecule is C.C.CC(=O)O[C@@H]1[C@@H](C)[C@H](C)O[C@H](CO)[C@H]1OC(C)=O.C[O-].O=C(NCCCN1CCN(C(CCNC(=O)OC[C@H]2OC(O)[C@H](O)[C@@H](O)[C@@H]2O)C(=O)O)Cc2cccc(n2)CN(C(CCNC(=O)OC[C@H]2OC(O)[C@H](O)[C@@H](O)[C@@H]2O)C(=O)O)CC1)OC[C@H]1OC(O)[C@H](O)[C@@H](O)[C@@H]1O.[2H]CF.[Mn].[Na+]. The van der Waals surface area contributed by atoms with E-state index in [1.165, 1.54) is 13.8 Å². The van der Waals surface area contributed by atoms with Gasteiger partial charge in [-0.2, -0.15) is 7.11 Å². The average Bonchev–Trinajstić information content (AvgIpc) is 0.818. The fourth-order valence-electron chi connectivity index (χ4n) is 10.7. The number of pyridine rings is 1. The molecular weight excluding hydrogens is 1420 g/mol. The number of aliphatic hydroxyl groups is 13. The van der Waals surface area contributed by atoms with Crippen molar-refractivity contribution in [3.8, 4) is 0 Å². The summed E-state index contributed by atoms with van der Waals surface area (Å²) >= 11 is 0. The topological polar surface area (TPSA) is 588 Å². The molecule has 0 aliphatic carbocycles. The van der Waals surface area contributed by atoms with Crippen LogP contribution in [0.25, 0.3) is 0 Å². The minimum Gasteiger partial charge on any atom is -0.857 e. The third-order valence-electron chi connectivity index (χ3n) is 16.1. The van der Waals surface area contributed by atoms with E-state index in [1.54, 1.807) is 28.0 Å². The van der Waals surface area contributed by atoms with E-state index in [9.17, 15) is 115 Å². The molecule has 42 heteroatoms. The summed E-state index contributed by atoms with van der Waals surface area (Å²) in [7, 11) is -0.250. The number of amides is 3. The van der Waals surface area contributed by atoms with Gasteiger partial charge in [0.1, 0.15) is 117 Å². The molecule has 2 bridgehead atoms. The molecule has 4 saturated heterocycles. The van der Waals surface area contributed by atoms with Crippen LogP contribution >= 0.6 is 0 Å². The molecule has 18 N–H and O–H groups in total. The van der Waals surface area contributed by atoms with Crippen LogP contribution in [0.5, 0.6) is 0 Å². The number of aliphatic carboxylic acids is 2. The van der Waals surface area contributed by atoms with Crippen molar-refractivity contribution in [3.63, 3.8) is 0 Å². The fraction of sp³-hybridized carbons (Fsp3) is 0.797. The zero-order chi connectivity index (χ0) is 73.7. The number of ether oxygens (including phenoxy) is 9. The fourth-order valence-corrected chi connectivity index (χ4v) is 10.7. The van der Waals surface area contributed by atoms with E-state index in [4.69, 9.17) is 54.1 Å². The number of alkyl halides is 1. The number of aliphatic hydroxyl groups excluding tert-OH is 13. The molecule has 5 aliphatic heterocycles. The van der Waals surface area contributed by atoms with Crippen LogP contribution in [0.3, 0.4) is 0 Å². The van der Waals surface area contributed by atoms with Crippen LogP contribution in [0, 0.1) is 5.92 Å². The van der Waals surface area contributed by atoms with E-state index in [-0.39, 0.29) is 165 Å². The van der Waals surface area contributed by atoms with Gasteiger partial charge in [-0.15, -0.1) is 0 Å². The van der Waals surface area contributed by atoms with Gasteiger partial charge in [0.2, 0.25) is 0 Å². The second-order valence-corrected chi connectivity index (χ2v) is 22.8. The molecule has 39 nitrogen and oxygen atoms in total. The number of fused-ring (bicyclic) bond motifs is 2. The number of rotatable bonds is 23. The van der Waals surface area contributed by atoms with Crippen molar-refractivity contribution in [1.82, 2.24) is 35.6 Å². The minimum atomic E-state index is -1.87. The molecule has 101 heavy (non-hydrogen) atoms. The summed E-state index contributed by atoms with van der Waals surface area (Å²) in [6, 6.07) is 2.44. The van der Waals surface area contributed by atoms with Crippen LogP contribution in [0.4, 0.5) is 18.8 Å². The Morgan fingerprint density at radius 1 is 0.584 bits per heavy atom.